The SMILES string of the molecule is O=C(NCc1ccc(Br)cc1OC(F)(F)F)c1ccc2nn(CC(F)F)c(=O)n2c1. The van der Waals surface area contributed by atoms with Gasteiger partial charge in [-0.1, -0.05) is 22.0 Å². The molecule has 0 saturated heterocycles. The Hall–Kier alpha value is -2.96. The van der Waals surface area contributed by atoms with Crippen LogP contribution in [0.25, 0.3) is 5.65 Å². The number of carbonyl (C=O) groups is 1. The highest BCUT2D eigenvalue weighted by atomic mass is 79.9. The van der Waals surface area contributed by atoms with Crippen molar-refractivity contribution in [3.8, 4) is 5.75 Å². The first-order chi connectivity index (χ1) is 14.0. The number of nitrogens with one attached hydrogen (secondary N) is 1. The number of aromatic nitrogens is 3. The summed E-state index contributed by atoms with van der Waals surface area (Å²) in [6, 6.07) is 6.52. The first kappa shape index (κ1) is 21.7. The molecule has 0 spiro atoms. The Kier molecular flexibility index (Phi) is 6.10. The molecule has 0 bridgehead atoms. The van der Waals surface area contributed by atoms with E-state index in [1.165, 1.54) is 24.3 Å². The van der Waals surface area contributed by atoms with Gasteiger partial charge in [0, 0.05) is 22.8 Å². The fourth-order valence-corrected chi connectivity index (χ4v) is 2.91. The Bertz CT molecular complexity index is 1140. The summed E-state index contributed by atoms with van der Waals surface area (Å²) in [5.41, 5.74) is -0.747. The largest absolute Gasteiger partial charge is 0.573 e. The quantitative estimate of drug-likeness (QED) is 0.533. The number of benzene rings is 1. The smallest absolute Gasteiger partial charge is 0.405 e. The van der Waals surface area contributed by atoms with Crippen LogP contribution in [0.3, 0.4) is 0 Å². The van der Waals surface area contributed by atoms with E-state index >= 15 is 0 Å². The Morgan fingerprint density at radius 1 is 1.23 bits per heavy atom. The molecule has 0 unspecified atom stereocenters. The lowest BCUT2D eigenvalue weighted by molar-refractivity contribution is -0.274. The Morgan fingerprint density at radius 2 is 1.97 bits per heavy atom. The van der Waals surface area contributed by atoms with Gasteiger partial charge in [-0.15, -0.1) is 18.3 Å². The van der Waals surface area contributed by atoms with Crippen molar-refractivity contribution in [3.63, 3.8) is 0 Å². The van der Waals surface area contributed by atoms with Gasteiger partial charge in [0.1, 0.15) is 12.3 Å². The second-order valence-corrected chi connectivity index (χ2v) is 6.90. The van der Waals surface area contributed by atoms with Gasteiger partial charge in [0.05, 0.1) is 5.56 Å². The van der Waals surface area contributed by atoms with E-state index in [2.05, 4.69) is 31.1 Å². The van der Waals surface area contributed by atoms with E-state index in [0.29, 0.717) is 9.15 Å². The molecule has 0 fully saturated rings. The number of ether oxygens (including phenoxy) is 1. The minimum atomic E-state index is -4.91. The number of nitrogens with zero attached hydrogens (tertiary/aromatic N) is 3. The fourth-order valence-electron chi connectivity index (χ4n) is 2.57. The predicted octanol–water partition coefficient (Wildman–Crippen LogP) is 3.35. The second-order valence-electron chi connectivity index (χ2n) is 5.98. The molecule has 3 rings (SSSR count). The highest BCUT2D eigenvalue weighted by Crippen LogP contribution is 2.29. The van der Waals surface area contributed by atoms with Crippen molar-refractivity contribution >= 4 is 27.5 Å². The molecule has 0 aliphatic carbocycles. The molecule has 160 valence electrons. The number of pyridine rings is 1. The van der Waals surface area contributed by atoms with Crippen LogP contribution in [0.4, 0.5) is 22.0 Å². The highest BCUT2D eigenvalue weighted by molar-refractivity contribution is 9.10. The average molecular weight is 495 g/mol. The number of halogens is 6. The number of fused-ring (bicyclic) bond motifs is 1. The molecule has 0 radical (unpaired) electrons. The molecule has 3 aromatic rings. The summed E-state index contributed by atoms with van der Waals surface area (Å²) >= 11 is 3.05. The van der Waals surface area contributed by atoms with Crippen LogP contribution >= 0.6 is 15.9 Å². The molecule has 1 amide bonds. The monoisotopic (exact) mass is 494 g/mol. The lowest BCUT2D eigenvalue weighted by Gasteiger charge is -2.14. The van der Waals surface area contributed by atoms with Gasteiger partial charge in [0.15, 0.2) is 5.65 Å². The van der Waals surface area contributed by atoms with Crippen molar-refractivity contribution in [1.29, 1.82) is 0 Å². The standard InChI is InChI=1S/C17H12BrF5N4O3/c18-11-3-1-9(12(5-11)30-17(21,22)23)6-24-15(28)10-2-4-14-25-27(8-13(19)20)16(29)26(14)7-10/h1-5,7,13H,6,8H2,(H,24,28). The Morgan fingerprint density at radius 3 is 2.63 bits per heavy atom. The zero-order valence-corrected chi connectivity index (χ0v) is 16.4. The zero-order chi connectivity index (χ0) is 22.1. The molecule has 0 aliphatic rings. The van der Waals surface area contributed by atoms with Gasteiger partial charge in [-0.25, -0.2) is 22.7 Å². The normalized spacial score (nSPS) is 11.8. The molecular formula is C17H12BrF5N4O3. The molecule has 7 nitrogen and oxygen atoms in total. The lowest BCUT2D eigenvalue weighted by Crippen LogP contribution is -2.26. The van der Waals surface area contributed by atoms with Crippen molar-refractivity contribution in [3.05, 3.63) is 62.6 Å². The number of alkyl halides is 5. The van der Waals surface area contributed by atoms with Crippen molar-refractivity contribution in [1.82, 2.24) is 19.5 Å². The van der Waals surface area contributed by atoms with Crippen LogP contribution < -0.4 is 15.7 Å². The average Bonchev–Trinajstić information content (AvgIpc) is 2.94. The van der Waals surface area contributed by atoms with Crippen LogP contribution in [0.5, 0.6) is 5.75 Å². The fraction of sp³-hybridized carbons (Fsp3) is 0.235. The van der Waals surface area contributed by atoms with Gasteiger partial charge in [0.2, 0.25) is 0 Å². The van der Waals surface area contributed by atoms with E-state index in [1.54, 1.807) is 0 Å². The van der Waals surface area contributed by atoms with Crippen molar-refractivity contribution in [2.45, 2.75) is 25.9 Å². The van der Waals surface area contributed by atoms with E-state index in [-0.39, 0.29) is 23.3 Å². The molecule has 2 heterocycles. The summed E-state index contributed by atoms with van der Waals surface area (Å²) in [4.78, 5) is 24.5. The van der Waals surface area contributed by atoms with Gasteiger partial charge in [-0.2, -0.15) is 0 Å². The van der Waals surface area contributed by atoms with Gasteiger partial charge in [0.25, 0.3) is 12.3 Å². The zero-order valence-electron chi connectivity index (χ0n) is 14.8. The number of hydrogen-bond acceptors (Lipinski definition) is 4. The summed E-state index contributed by atoms with van der Waals surface area (Å²) in [5, 5.41) is 6.15. The molecule has 0 aliphatic heterocycles. The van der Waals surface area contributed by atoms with Crippen molar-refractivity contribution in [2.24, 2.45) is 0 Å². The molecule has 13 heteroatoms. The third-order valence-electron chi connectivity index (χ3n) is 3.84. The van der Waals surface area contributed by atoms with E-state index < -0.39 is 36.7 Å². The number of amides is 1. The third-order valence-corrected chi connectivity index (χ3v) is 4.34. The summed E-state index contributed by atoms with van der Waals surface area (Å²) < 4.78 is 68.5. The molecule has 0 saturated carbocycles. The minimum Gasteiger partial charge on any atom is -0.405 e. The van der Waals surface area contributed by atoms with Crippen LogP contribution in [-0.2, 0) is 13.1 Å². The molecule has 0 atom stereocenters. The van der Waals surface area contributed by atoms with Crippen molar-refractivity contribution < 1.29 is 31.5 Å². The first-order valence-corrected chi connectivity index (χ1v) is 9.02. The lowest BCUT2D eigenvalue weighted by atomic mass is 10.2. The molecule has 30 heavy (non-hydrogen) atoms. The number of rotatable bonds is 6. The predicted molar refractivity (Wildman–Crippen MR) is 97.5 cm³/mol. The minimum absolute atomic E-state index is 0.0170. The summed E-state index contributed by atoms with van der Waals surface area (Å²) in [6.45, 7) is -1.19. The molecular weight excluding hydrogens is 483 g/mol. The molecule has 2 aromatic heterocycles. The molecule has 1 N–H and O–H groups in total. The van der Waals surface area contributed by atoms with Gasteiger partial charge in [-0.05, 0) is 24.3 Å². The highest BCUT2D eigenvalue weighted by Gasteiger charge is 2.32. The van der Waals surface area contributed by atoms with Crippen LogP contribution in [0, 0.1) is 0 Å². The molecule has 1 aromatic carbocycles. The number of carbonyl (C=O) groups excluding carboxylic acids is 1. The van der Waals surface area contributed by atoms with Gasteiger partial charge >= 0.3 is 12.1 Å². The maximum Gasteiger partial charge on any atom is 0.573 e. The van der Waals surface area contributed by atoms with E-state index in [0.717, 1.165) is 16.7 Å². The maximum absolute atomic E-state index is 12.6. The van der Waals surface area contributed by atoms with Crippen LogP contribution in [0.2, 0.25) is 0 Å². The summed E-state index contributed by atoms with van der Waals surface area (Å²) in [5.74, 6) is -1.19. The second kappa shape index (κ2) is 8.42. The van der Waals surface area contributed by atoms with E-state index in [9.17, 15) is 31.5 Å². The van der Waals surface area contributed by atoms with E-state index in [4.69, 9.17) is 0 Å². The van der Waals surface area contributed by atoms with Gasteiger partial charge < -0.3 is 10.1 Å². The number of hydrogen-bond donors (Lipinski definition) is 1. The first-order valence-electron chi connectivity index (χ1n) is 8.23. The third kappa shape index (κ3) is 5.14. The summed E-state index contributed by atoms with van der Waals surface area (Å²) in [7, 11) is 0. The maximum atomic E-state index is 12.6. The van der Waals surface area contributed by atoms with Crippen LogP contribution in [0.15, 0.2) is 45.8 Å². The van der Waals surface area contributed by atoms with Crippen molar-refractivity contribution in [2.75, 3.05) is 0 Å². The summed E-state index contributed by atoms with van der Waals surface area (Å²) in [6.07, 6.45) is -6.59. The Balaban J connectivity index is 1.79. The van der Waals surface area contributed by atoms with E-state index in [1.807, 2.05) is 0 Å². The van der Waals surface area contributed by atoms with Crippen LogP contribution in [-0.4, -0.2) is 32.9 Å². The van der Waals surface area contributed by atoms with Gasteiger partial charge in [-0.3, -0.25) is 4.79 Å². The topological polar surface area (TPSA) is 77.6 Å². The Labute approximate surface area is 173 Å². The van der Waals surface area contributed by atoms with Crippen LogP contribution in [0.1, 0.15) is 15.9 Å².